The first-order valence-corrected chi connectivity index (χ1v) is 7.26. The van der Waals surface area contributed by atoms with Gasteiger partial charge in [0.05, 0.1) is 0 Å². The molecule has 1 rings (SSSR count). The minimum atomic E-state index is 0.776. The molecule has 2 nitrogen and oxygen atoms in total. The molecule has 1 aliphatic rings. The second kappa shape index (κ2) is 12.0. The van der Waals surface area contributed by atoms with Crippen LogP contribution in [0.2, 0.25) is 0 Å². The van der Waals surface area contributed by atoms with E-state index in [0.29, 0.717) is 0 Å². The maximum atomic E-state index is 5.59. The maximum Gasteiger partial charge on any atom is 0.0351 e. The molecule has 0 radical (unpaired) electrons. The molecule has 1 saturated heterocycles. The first kappa shape index (κ1) is 16.5. The molecule has 1 fully saturated rings. The van der Waals surface area contributed by atoms with Gasteiger partial charge in [0.1, 0.15) is 0 Å². The van der Waals surface area contributed by atoms with E-state index in [1.165, 1.54) is 32.4 Å². The highest BCUT2D eigenvalue weighted by Crippen LogP contribution is 2.07. The topological polar surface area (TPSA) is 6.48 Å². The summed E-state index contributed by atoms with van der Waals surface area (Å²) in [6, 6.07) is 0. The zero-order valence-electron chi connectivity index (χ0n) is 10.7. The molecule has 0 spiro atoms. The summed E-state index contributed by atoms with van der Waals surface area (Å²) in [4.78, 5) is 4.57. The zero-order valence-corrected chi connectivity index (χ0v) is 12.2. The molecule has 0 aromatic carbocycles. The zero-order chi connectivity index (χ0) is 12.2. The van der Waals surface area contributed by atoms with Gasteiger partial charge in [-0.15, -0.1) is 23.2 Å². The van der Waals surface area contributed by atoms with Gasteiger partial charge in [0, 0.05) is 18.3 Å². The summed E-state index contributed by atoms with van der Waals surface area (Å²) in [5, 5.41) is 0. The van der Waals surface area contributed by atoms with Gasteiger partial charge in [-0.05, 0) is 53.0 Å². The van der Waals surface area contributed by atoms with Crippen LogP contribution in [0.5, 0.6) is 0 Å². The van der Waals surface area contributed by atoms with E-state index in [2.05, 4.69) is 9.80 Å². The minimum absolute atomic E-state index is 0.776. The van der Waals surface area contributed by atoms with Crippen molar-refractivity contribution in [2.45, 2.75) is 25.7 Å². The highest BCUT2D eigenvalue weighted by molar-refractivity contribution is 6.18. The van der Waals surface area contributed by atoms with Gasteiger partial charge in [-0.25, -0.2) is 0 Å². The van der Waals surface area contributed by atoms with E-state index in [4.69, 9.17) is 23.2 Å². The van der Waals surface area contributed by atoms with Crippen molar-refractivity contribution in [3.05, 3.63) is 0 Å². The summed E-state index contributed by atoms with van der Waals surface area (Å²) in [6.07, 6.45) is 5.25. The number of halogens is 2. The summed E-state index contributed by atoms with van der Waals surface area (Å²) < 4.78 is 0. The quantitative estimate of drug-likeness (QED) is 0.708. The molecular weight excluding hydrogens is 243 g/mol. The Balaban J connectivity index is 0.000000293. The SMILES string of the molecule is CN(C)CCCCl.ClCCN1CCCCC1. The van der Waals surface area contributed by atoms with Crippen LogP contribution < -0.4 is 0 Å². The van der Waals surface area contributed by atoms with E-state index in [9.17, 15) is 0 Å². The van der Waals surface area contributed by atoms with Crippen LogP contribution in [0.25, 0.3) is 0 Å². The number of rotatable bonds is 5. The fraction of sp³-hybridized carbons (Fsp3) is 1.00. The molecule has 0 aromatic rings. The molecule has 0 saturated carbocycles. The number of piperidine rings is 1. The van der Waals surface area contributed by atoms with Crippen LogP contribution in [0.15, 0.2) is 0 Å². The monoisotopic (exact) mass is 268 g/mol. The van der Waals surface area contributed by atoms with Crippen molar-refractivity contribution < 1.29 is 0 Å². The fourth-order valence-electron chi connectivity index (χ4n) is 1.68. The van der Waals surface area contributed by atoms with E-state index in [1.807, 2.05) is 14.1 Å². The van der Waals surface area contributed by atoms with Crippen molar-refractivity contribution in [1.29, 1.82) is 0 Å². The average molecular weight is 269 g/mol. The van der Waals surface area contributed by atoms with Crippen molar-refractivity contribution >= 4 is 23.2 Å². The van der Waals surface area contributed by atoms with Crippen molar-refractivity contribution in [2.24, 2.45) is 0 Å². The number of hydrogen-bond acceptors (Lipinski definition) is 2. The fourth-order valence-corrected chi connectivity index (χ4v) is 2.04. The molecule has 0 unspecified atom stereocenters. The normalized spacial score (nSPS) is 17.1. The van der Waals surface area contributed by atoms with Crippen LogP contribution in [0.3, 0.4) is 0 Å². The van der Waals surface area contributed by atoms with Crippen molar-refractivity contribution in [2.75, 3.05) is 52.0 Å². The van der Waals surface area contributed by atoms with Gasteiger partial charge in [-0.1, -0.05) is 6.42 Å². The number of alkyl halides is 2. The third-order valence-electron chi connectivity index (χ3n) is 2.59. The van der Waals surface area contributed by atoms with E-state index in [0.717, 1.165) is 31.3 Å². The minimum Gasteiger partial charge on any atom is -0.309 e. The first-order chi connectivity index (χ1) is 7.70. The molecular formula is C12H26Cl2N2. The summed E-state index contributed by atoms with van der Waals surface area (Å²) in [5.41, 5.74) is 0. The first-order valence-electron chi connectivity index (χ1n) is 6.19. The lowest BCUT2D eigenvalue weighted by Crippen LogP contribution is -2.31. The van der Waals surface area contributed by atoms with E-state index >= 15 is 0 Å². The number of likely N-dealkylation sites (tertiary alicyclic amines) is 1. The molecule has 0 N–H and O–H groups in total. The average Bonchev–Trinajstić information content (AvgIpc) is 2.29. The molecule has 1 aliphatic heterocycles. The Morgan fingerprint density at radius 1 is 1.00 bits per heavy atom. The van der Waals surface area contributed by atoms with Gasteiger partial charge in [-0.2, -0.15) is 0 Å². The molecule has 0 bridgehead atoms. The Hall–Kier alpha value is 0.500. The van der Waals surface area contributed by atoms with E-state index in [1.54, 1.807) is 0 Å². The second-order valence-electron chi connectivity index (χ2n) is 4.44. The third-order valence-corrected chi connectivity index (χ3v) is 3.02. The molecule has 0 amide bonds. The lowest BCUT2D eigenvalue weighted by atomic mass is 10.1. The summed E-state index contributed by atoms with van der Waals surface area (Å²) in [5.74, 6) is 1.57. The standard InChI is InChI=1S/C7H14ClN.C5H12ClN/c8-4-7-9-5-2-1-3-6-9;1-7(2)5-3-4-6/h1-7H2;3-5H2,1-2H3. The van der Waals surface area contributed by atoms with Crippen LogP contribution in [0.4, 0.5) is 0 Å². The Bertz CT molecular complexity index is 134. The molecule has 4 heteroatoms. The molecule has 1 heterocycles. The van der Waals surface area contributed by atoms with Crippen LogP contribution in [0, 0.1) is 0 Å². The predicted molar refractivity (Wildman–Crippen MR) is 74.9 cm³/mol. The highest BCUT2D eigenvalue weighted by Gasteiger charge is 2.07. The van der Waals surface area contributed by atoms with Crippen LogP contribution in [0.1, 0.15) is 25.7 Å². The summed E-state index contributed by atoms with van der Waals surface area (Å²) in [6.45, 7) is 4.73. The van der Waals surface area contributed by atoms with E-state index < -0.39 is 0 Å². The second-order valence-corrected chi connectivity index (χ2v) is 5.19. The Morgan fingerprint density at radius 3 is 2.00 bits per heavy atom. The molecule has 0 aliphatic carbocycles. The Kier molecular flexibility index (Phi) is 12.3. The maximum absolute atomic E-state index is 5.59. The molecule has 16 heavy (non-hydrogen) atoms. The summed E-state index contributed by atoms with van der Waals surface area (Å²) in [7, 11) is 4.10. The van der Waals surface area contributed by atoms with Gasteiger partial charge < -0.3 is 9.80 Å². The number of hydrogen-bond donors (Lipinski definition) is 0. The lowest BCUT2D eigenvalue weighted by Gasteiger charge is -2.25. The predicted octanol–water partition coefficient (Wildman–Crippen LogP) is 2.89. The smallest absolute Gasteiger partial charge is 0.0351 e. The molecule has 0 atom stereocenters. The van der Waals surface area contributed by atoms with Crippen molar-refractivity contribution in [1.82, 2.24) is 9.80 Å². The van der Waals surface area contributed by atoms with Gasteiger partial charge in [0.25, 0.3) is 0 Å². The van der Waals surface area contributed by atoms with Crippen LogP contribution in [-0.2, 0) is 0 Å². The molecule has 0 aromatic heterocycles. The van der Waals surface area contributed by atoms with Crippen LogP contribution in [-0.4, -0.2) is 61.8 Å². The Morgan fingerprint density at radius 2 is 1.62 bits per heavy atom. The van der Waals surface area contributed by atoms with E-state index in [-0.39, 0.29) is 0 Å². The summed E-state index contributed by atoms with van der Waals surface area (Å²) >= 11 is 11.0. The lowest BCUT2D eigenvalue weighted by molar-refractivity contribution is 0.241. The Labute approximate surface area is 111 Å². The van der Waals surface area contributed by atoms with Crippen LogP contribution >= 0.6 is 23.2 Å². The number of nitrogens with zero attached hydrogens (tertiary/aromatic N) is 2. The van der Waals surface area contributed by atoms with Gasteiger partial charge in [0.2, 0.25) is 0 Å². The van der Waals surface area contributed by atoms with Gasteiger partial charge in [0.15, 0.2) is 0 Å². The third kappa shape index (κ3) is 11.0. The van der Waals surface area contributed by atoms with Crippen molar-refractivity contribution in [3.8, 4) is 0 Å². The van der Waals surface area contributed by atoms with Gasteiger partial charge in [-0.3, -0.25) is 0 Å². The van der Waals surface area contributed by atoms with Crippen molar-refractivity contribution in [3.63, 3.8) is 0 Å². The largest absolute Gasteiger partial charge is 0.309 e. The van der Waals surface area contributed by atoms with Gasteiger partial charge >= 0.3 is 0 Å². The highest BCUT2D eigenvalue weighted by atomic mass is 35.5. The molecule has 98 valence electrons.